The third kappa shape index (κ3) is 2.66. The number of aryl methyl sites for hydroxylation is 3. The third-order valence-corrected chi connectivity index (χ3v) is 7.47. The van der Waals surface area contributed by atoms with Gasteiger partial charge >= 0.3 is 0 Å². The lowest BCUT2D eigenvalue weighted by Gasteiger charge is -2.14. The van der Waals surface area contributed by atoms with Crippen LogP contribution < -0.4 is 0 Å². The van der Waals surface area contributed by atoms with E-state index >= 15 is 0 Å². The van der Waals surface area contributed by atoms with E-state index in [1.54, 1.807) is 0 Å². The highest BCUT2D eigenvalue weighted by atomic mass is 15.0. The maximum absolute atomic E-state index is 2.49. The maximum atomic E-state index is 2.49. The van der Waals surface area contributed by atoms with Crippen LogP contribution in [0.1, 0.15) is 18.1 Å². The zero-order valence-corrected chi connectivity index (χ0v) is 18.8. The lowest BCUT2D eigenvalue weighted by Crippen LogP contribution is -1.99. The molecule has 0 fully saturated rings. The summed E-state index contributed by atoms with van der Waals surface area (Å²) in [6, 6.07) is 36.1. The molecule has 1 heteroatoms. The van der Waals surface area contributed by atoms with E-state index in [1.165, 1.54) is 65.3 Å². The van der Waals surface area contributed by atoms with Crippen LogP contribution in [0, 0.1) is 0 Å². The van der Waals surface area contributed by atoms with Crippen LogP contribution in [0.3, 0.4) is 0 Å². The Morgan fingerprint density at radius 1 is 0.515 bits per heavy atom. The first kappa shape index (κ1) is 18.7. The van der Waals surface area contributed by atoms with E-state index in [0.29, 0.717) is 0 Å². The fraction of sp³-hybridized carbons (Fsp3) is 0.125. The average molecular weight is 424 g/mol. The molecule has 0 atom stereocenters. The Labute approximate surface area is 193 Å². The third-order valence-electron chi connectivity index (χ3n) is 7.47. The van der Waals surface area contributed by atoms with Gasteiger partial charge in [-0.1, -0.05) is 91.0 Å². The normalized spacial score (nSPS) is 12.2. The summed E-state index contributed by atoms with van der Waals surface area (Å²) < 4.78 is 2.49. The molecule has 0 bridgehead atoms. The van der Waals surface area contributed by atoms with Gasteiger partial charge in [-0.15, -0.1) is 0 Å². The molecule has 0 spiro atoms. The number of para-hydroxylation sites is 2. The molecule has 0 unspecified atom stereocenters. The van der Waals surface area contributed by atoms with Crippen molar-refractivity contribution in [3.63, 3.8) is 0 Å². The fourth-order valence-corrected chi connectivity index (χ4v) is 6.00. The second-order valence-electron chi connectivity index (χ2n) is 9.16. The molecule has 1 aromatic heterocycles. The van der Waals surface area contributed by atoms with Crippen molar-refractivity contribution in [1.82, 2.24) is 4.57 Å². The van der Waals surface area contributed by atoms with Gasteiger partial charge in [0.2, 0.25) is 0 Å². The Morgan fingerprint density at radius 2 is 1.18 bits per heavy atom. The molecule has 0 saturated heterocycles. The monoisotopic (exact) mass is 423 g/mol. The fourth-order valence-electron chi connectivity index (χ4n) is 6.00. The van der Waals surface area contributed by atoms with Gasteiger partial charge in [0.15, 0.2) is 0 Å². The minimum absolute atomic E-state index is 0.986. The first-order valence-electron chi connectivity index (χ1n) is 12.0. The molecule has 1 heterocycles. The minimum Gasteiger partial charge on any atom is -0.341 e. The summed E-state index contributed by atoms with van der Waals surface area (Å²) >= 11 is 0. The summed E-state index contributed by atoms with van der Waals surface area (Å²) in [4.78, 5) is 0. The van der Waals surface area contributed by atoms with Crippen LogP contribution in [0.5, 0.6) is 0 Å². The quantitative estimate of drug-likeness (QED) is 0.250. The van der Waals surface area contributed by atoms with E-state index < -0.39 is 0 Å². The number of hydrogen-bond donors (Lipinski definition) is 0. The highest BCUT2D eigenvalue weighted by molar-refractivity contribution is 6.23. The summed E-state index contributed by atoms with van der Waals surface area (Å²) in [5.41, 5.74) is 5.62. The minimum atomic E-state index is 0.986. The smallest absolute Gasteiger partial charge is 0.0523 e. The molecular weight excluding hydrogens is 398 g/mol. The molecule has 0 radical (unpaired) electrons. The summed E-state index contributed by atoms with van der Waals surface area (Å²) in [6.07, 6.45) is 2.08. The summed E-state index contributed by atoms with van der Waals surface area (Å²) in [7, 11) is 0. The molecule has 158 valence electrons. The zero-order chi connectivity index (χ0) is 21.9. The highest BCUT2D eigenvalue weighted by Gasteiger charge is 2.14. The SMILES string of the molecule is CCn1c2ccccc2c2cccc(CCc3ccc4ccc5cccc6ccc3c4c56)c21. The molecule has 0 N–H and O–H groups in total. The molecule has 0 aliphatic heterocycles. The van der Waals surface area contributed by atoms with Crippen LogP contribution in [0.15, 0.2) is 97.1 Å². The predicted molar refractivity (Wildman–Crippen MR) is 143 cm³/mol. The van der Waals surface area contributed by atoms with Crippen LogP contribution in [-0.2, 0) is 19.4 Å². The molecule has 0 aliphatic carbocycles. The zero-order valence-electron chi connectivity index (χ0n) is 18.8. The van der Waals surface area contributed by atoms with Crippen molar-refractivity contribution in [3.8, 4) is 0 Å². The van der Waals surface area contributed by atoms with E-state index in [2.05, 4.69) is 109 Å². The lowest BCUT2D eigenvalue weighted by molar-refractivity contribution is 0.818. The Bertz CT molecular complexity index is 1790. The summed E-state index contributed by atoms with van der Waals surface area (Å²) in [5, 5.41) is 11.0. The maximum Gasteiger partial charge on any atom is 0.0523 e. The van der Waals surface area contributed by atoms with Crippen LogP contribution in [0.2, 0.25) is 0 Å². The second kappa shape index (κ2) is 7.08. The molecule has 6 aromatic carbocycles. The van der Waals surface area contributed by atoms with Crippen molar-refractivity contribution in [2.75, 3.05) is 0 Å². The topological polar surface area (TPSA) is 4.93 Å². The van der Waals surface area contributed by atoms with Crippen molar-refractivity contribution in [2.45, 2.75) is 26.3 Å². The Morgan fingerprint density at radius 3 is 2.03 bits per heavy atom. The van der Waals surface area contributed by atoms with Crippen molar-refractivity contribution >= 4 is 54.1 Å². The lowest BCUT2D eigenvalue weighted by atomic mass is 9.90. The number of fused-ring (bicyclic) bond motifs is 3. The van der Waals surface area contributed by atoms with E-state index in [1.807, 2.05) is 0 Å². The van der Waals surface area contributed by atoms with Crippen molar-refractivity contribution in [3.05, 3.63) is 108 Å². The summed E-state index contributed by atoms with van der Waals surface area (Å²) in [6.45, 7) is 3.24. The summed E-state index contributed by atoms with van der Waals surface area (Å²) in [5.74, 6) is 0. The first-order chi connectivity index (χ1) is 16.3. The number of aromatic nitrogens is 1. The highest BCUT2D eigenvalue weighted by Crippen LogP contribution is 2.37. The van der Waals surface area contributed by atoms with Crippen molar-refractivity contribution in [1.29, 1.82) is 0 Å². The van der Waals surface area contributed by atoms with Gasteiger partial charge in [-0.25, -0.2) is 0 Å². The molecular formula is C32H25N. The van der Waals surface area contributed by atoms with Crippen LogP contribution in [0.4, 0.5) is 0 Å². The molecule has 7 aromatic rings. The van der Waals surface area contributed by atoms with E-state index in [-0.39, 0.29) is 0 Å². The van der Waals surface area contributed by atoms with Gasteiger partial charge in [0.05, 0.1) is 5.52 Å². The molecule has 0 saturated carbocycles. The van der Waals surface area contributed by atoms with Gasteiger partial charge in [0.1, 0.15) is 0 Å². The van der Waals surface area contributed by atoms with Gasteiger partial charge in [-0.2, -0.15) is 0 Å². The average Bonchev–Trinajstić information content (AvgIpc) is 3.21. The van der Waals surface area contributed by atoms with Crippen LogP contribution >= 0.6 is 0 Å². The van der Waals surface area contributed by atoms with Crippen molar-refractivity contribution in [2.24, 2.45) is 0 Å². The molecule has 7 rings (SSSR count). The van der Waals surface area contributed by atoms with Crippen LogP contribution in [-0.4, -0.2) is 4.57 Å². The predicted octanol–water partition coefficient (Wildman–Crippen LogP) is 8.50. The second-order valence-corrected chi connectivity index (χ2v) is 9.16. The van der Waals surface area contributed by atoms with Gasteiger partial charge in [0, 0.05) is 22.8 Å². The molecule has 1 nitrogen and oxygen atoms in total. The standard InChI is InChI=1S/C32H25N/c1-2-33-29-12-4-3-10-27(29)28-11-6-9-25(32(28)33)18-14-21-13-15-24-17-16-22-7-5-8-23-19-20-26(21)31(24)30(22)23/h3-13,15-17,19-20H,2,14,18H2,1H3. The number of benzene rings is 6. The number of nitrogens with zero attached hydrogens (tertiary/aromatic N) is 1. The van der Waals surface area contributed by atoms with Gasteiger partial charge < -0.3 is 4.57 Å². The van der Waals surface area contributed by atoms with E-state index in [9.17, 15) is 0 Å². The largest absolute Gasteiger partial charge is 0.341 e. The van der Waals surface area contributed by atoms with Gasteiger partial charge in [0.25, 0.3) is 0 Å². The van der Waals surface area contributed by atoms with E-state index in [0.717, 1.165) is 19.4 Å². The number of rotatable bonds is 4. The molecule has 0 aliphatic rings. The van der Waals surface area contributed by atoms with Gasteiger partial charge in [-0.05, 0) is 69.3 Å². The Kier molecular flexibility index (Phi) is 4.01. The van der Waals surface area contributed by atoms with E-state index in [4.69, 9.17) is 0 Å². The van der Waals surface area contributed by atoms with Gasteiger partial charge in [-0.3, -0.25) is 0 Å². The number of hydrogen-bond acceptors (Lipinski definition) is 0. The Balaban J connectivity index is 1.38. The molecule has 0 amide bonds. The molecule has 33 heavy (non-hydrogen) atoms. The Hall–Kier alpha value is -3.84. The van der Waals surface area contributed by atoms with Crippen molar-refractivity contribution < 1.29 is 0 Å². The van der Waals surface area contributed by atoms with Crippen LogP contribution in [0.25, 0.3) is 54.1 Å². The first-order valence-corrected chi connectivity index (χ1v) is 12.0.